The molecule has 0 atom stereocenters. The van der Waals surface area contributed by atoms with Gasteiger partial charge < -0.3 is 4.57 Å². The van der Waals surface area contributed by atoms with Gasteiger partial charge in [0, 0.05) is 5.69 Å². The van der Waals surface area contributed by atoms with Gasteiger partial charge in [0.2, 0.25) is 0 Å². The smallest absolute Gasteiger partial charge is 0.0535 e. The van der Waals surface area contributed by atoms with Crippen molar-refractivity contribution < 1.29 is 0 Å². The number of fused-ring (bicyclic) bond motifs is 2. The van der Waals surface area contributed by atoms with E-state index in [9.17, 15) is 0 Å². The Morgan fingerprint density at radius 2 is 0.619 bits per heavy atom. The topological polar surface area (TPSA) is 4.93 Å². The molecule has 290 valence electrons. The molecule has 0 amide bonds. The highest BCUT2D eigenvalue weighted by molar-refractivity contribution is 6.32. The van der Waals surface area contributed by atoms with Crippen LogP contribution in [0.1, 0.15) is 0 Å². The largest absolute Gasteiger partial charge is 0.309 e. The van der Waals surface area contributed by atoms with Crippen molar-refractivity contribution in [1.82, 2.24) is 4.57 Å². The fraction of sp³-hybridized carbons (Fsp3) is 0. The Morgan fingerprint density at radius 1 is 0.238 bits per heavy atom. The van der Waals surface area contributed by atoms with Crippen LogP contribution in [0.5, 0.6) is 0 Å². The van der Waals surface area contributed by atoms with E-state index in [0.717, 1.165) is 17.1 Å². The molecule has 0 saturated heterocycles. The molecule has 1 heteroatoms. The lowest BCUT2D eigenvalue weighted by atomic mass is 9.81. The van der Waals surface area contributed by atoms with Gasteiger partial charge in [0.15, 0.2) is 0 Å². The molecule has 13 aromatic carbocycles. The second-order valence-electron chi connectivity index (χ2n) is 17.1. The van der Waals surface area contributed by atoms with Crippen molar-refractivity contribution in [1.29, 1.82) is 0 Å². The molecule has 1 nitrogen and oxygen atoms in total. The molecule has 14 aromatic rings. The Kier molecular flexibility index (Phi) is 7.17. The summed E-state index contributed by atoms with van der Waals surface area (Å²) in [5.74, 6) is 0. The number of rotatable bonds is 5. The Balaban J connectivity index is 1.15. The summed E-state index contributed by atoms with van der Waals surface area (Å²) in [5.41, 5.74) is 10.8. The molecule has 0 unspecified atom stereocenters. The van der Waals surface area contributed by atoms with Crippen LogP contribution >= 0.6 is 0 Å². The molecule has 14 rings (SSSR count). The monoisotopic (exact) mass is 795 g/mol. The Labute approximate surface area is 364 Å². The first-order valence-corrected chi connectivity index (χ1v) is 21.9. The van der Waals surface area contributed by atoms with Crippen LogP contribution in [0.4, 0.5) is 0 Å². The molecule has 1 aromatic heterocycles. The van der Waals surface area contributed by atoms with Crippen molar-refractivity contribution in [3.63, 3.8) is 0 Å². The summed E-state index contributed by atoms with van der Waals surface area (Å²) < 4.78 is 2.46. The first kappa shape index (κ1) is 34.5. The Bertz CT molecular complexity index is 4030. The van der Waals surface area contributed by atoms with Crippen molar-refractivity contribution in [3.05, 3.63) is 224 Å². The van der Waals surface area contributed by atoms with E-state index in [1.54, 1.807) is 0 Å². The normalized spacial score (nSPS) is 12.1. The number of nitrogens with zero attached hydrogens (tertiary/aromatic N) is 1. The van der Waals surface area contributed by atoms with Gasteiger partial charge in [-0.25, -0.2) is 0 Å². The van der Waals surface area contributed by atoms with Crippen LogP contribution < -0.4 is 0 Å². The molecule has 63 heavy (non-hydrogen) atoms. The highest BCUT2D eigenvalue weighted by atomic mass is 15.0. The van der Waals surface area contributed by atoms with Crippen LogP contribution in [0.25, 0.3) is 137 Å². The third-order valence-corrected chi connectivity index (χ3v) is 13.9. The second kappa shape index (κ2) is 13.1. The van der Waals surface area contributed by atoms with Gasteiger partial charge in [-0.2, -0.15) is 0 Å². The van der Waals surface area contributed by atoms with E-state index in [0.29, 0.717) is 0 Å². The van der Waals surface area contributed by atoms with E-state index < -0.39 is 0 Å². The summed E-state index contributed by atoms with van der Waals surface area (Å²) in [5, 5.41) is 20.5. The van der Waals surface area contributed by atoms with Crippen LogP contribution in [0.2, 0.25) is 0 Å². The third-order valence-electron chi connectivity index (χ3n) is 13.9. The minimum Gasteiger partial charge on any atom is -0.309 e. The van der Waals surface area contributed by atoms with E-state index in [-0.39, 0.29) is 0 Å². The van der Waals surface area contributed by atoms with E-state index >= 15 is 0 Å². The van der Waals surface area contributed by atoms with E-state index in [4.69, 9.17) is 0 Å². The second-order valence-corrected chi connectivity index (χ2v) is 17.1. The third kappa shape index (κ3) is 4.93. The first-order chi connectivity index (χ1) is 31.3. The molecule has 0 saturated carbocycles. The van der Waals surface area contributed by atoms with Crippen molar-refractivity contribution in [2.75, 3.05) is 0 Å². The molecule has 0 aliphatic rings. The zero-order chi connectivity index (χ0) is 41.2. The molecular formula is C62H37N. The average Bonchev–Trinajstić information content (AvgIpc) is 3.80. The summed E-state index contributed by atoms with van der Waals surface area (Å²) in [6.07, 6.45) is 0. The quantitative estimate of drug-likeness (QED) is 0.121. The molecule has 0 bridgehead atoms. The molecule has 0 radical (unpaired) electrons. The van der Waals surface area contributed by atoms with Crippen molar-refractivity contribution in [2.24, 2.45) is 0 Å². The minimum atomic E-state index is 1.13. The van der Waals surface area contributed by atoms with E-state index in [1.807, 2.05) is 0 Å². The van der Waals surface area contributed by atoms with Crippen LogP contribution in [0, 0.1) is 0 Å². The predicted molar refractivity (Wildman–Crippen MR) is 270 cm³/mol. The molecule has 0 N–H and O–H groups in total. The van der Waals surface area contributed by atoms with Gasteiger partial charge in [0.1, 0.15) is 0 Å². The first-order valence-electron chi connectivity index (χ1n) is 21.9. The zero-order valence-corrected chi connectivity index (χ0v) is 34.3. The van der Waals surface area contributed by atoms with Gasteiger partial charge in [-0.3, -0.25) is 0 Å². The van der Waals surface area contributed by atoms with E-state index in [1.165, 1.54) is 120 Å². The summed E-state index contributed by atoms with van der Waals surface area (Å²) in [6.45, 7) is 0. The zero-order valence-electron chi connectivity index (χ0n) is 34.3. The number of hydrogen-bond acceptors (Lipinski definition) is 0. The maximum Gasteiger partial charge on any atom is 0.0535 e. The number of aromatic nitrogens is 1. The van der Waals surface area contributed by atoms with E-state index in [2.05, 4.69) is 229 Å². The van der Waals surface area contributed by atoms with Gasteiger partial charge >= 0.3 is 0 Å². The van der Waals surface area contributed by atoms with Gasteiger partial charge in [0.05, 0.1) is 11.4 Å². The number of benzene rings is 13. The molecule has 0 aliphatic carbocycles. The highest BCUT2D eigenvalue weighted by Crippen LogP contribution is 2.50. The van der Waals surface area contributed by atoms with Crippen LogP contribution in [-0.2, 0) is 0 Å². The van der Waals surface area contributed by atoms with Crippen molar-refractivity contribution in [2.45, 2.75) is 0 Å². The van der Waals surface area contributed by atoms with Crippen molar-refractivity contribution in [3.8, 4) is 50.5 Å². The minimum absolute atomic E-state index is 1.13. The maximum atomic E-state index is 2.48. The summed E-state index contributed by atoms with van der Waals surface area (Å²) in [6, 6.07) is 83.8. The fourth-order valence-electron chi connectivity index (χ4n) is 11.2. The molecule has 0 spiro atoms. The van der Waals surface area contributed by atoms with Crippen LogP contribution in [-0.4, -0.2) is 4.57 Å². The Hall–Kier alpha value is -8.26. The van der Waals surface area contributed by atoms with Crippen LogP contribution in [0.15, 0.2) is 224 Å². The van der Waals surface area contributed by atoms with Gasteiger partial charge in [0.25, 0.3) is 0 Å². The molecular weight excluding hydrogens is 759 g/mol. The Morgan fingerprint density at radius 3 is 1.11 bits per heavy atom. The average molecular weight is 796 g/mol. The highest BCUT2D eigenvalue weighted by Gasteiger charge is 2.23. The fourth-order valence-corrected chi connectivity index (χ4v) is 11.2. The lowest BCUT2D eigenvalue weighted by Gasteiger charge is -2.23. The van der Waals surface area contributed by atoms with Gasteiger partial charge in [-0.1, -0.05) is 200 Å². The predicted octanol–water partition coefficient (Wildman–Crippen LogP) is 17.2. The van der Waals surface area contributed by atoms with Gasteiger partial charge in [-0.15, -0.1) is 0 Å². The summed E-state index contributed by atoms with van der Waals surface area (Å²) in [4.78, 5) is 0. The summed E-state index contributed by atoms with van der Waals surface area (Å²) in [7, 11) is 0. The SMILES string of the molecule is c1ccc(-c2ccc(-c3ccccc3)n2-c2ccc3c(-c4ccc5ccc6cccc7ccc4c5c67)c4ccccc4c(-c4ccc5ccc6cccc7ccc4c5c67)c3c2)cc1. The standard InChI is InChI=1S/C62H37N/c1-3-11-38(12-4-1)55-35-36-56(39-13-5-2-6-14-39)63(55)46-29-34-53-54(37-46)62(52-33-28-45-24-22-41-16-10-18-43-26-31-50(52)60(45)58(41)43)48-20-8-7-19-47(48)61(53)51-32-27-44-23-21-40-15-9-17-42-25-30-49(51)59(44)57(40)42/h1-37H. The maximum absolute atomic E-state index is 2.48. The lowest BCUT2D eigenvalue weighted by Crippen LogP contribution is -2.01. The summed E-state index contributed by atoms with van der Waals surface area (Å²) >= 11 is 0. The lowest BCUT2D eigenvalue weighted by molar-refractivity contribution is 1.10. The van der Waals surface area contributed by atoms with Crippen molar-refractivity contribution >= 4 is 86.2 Å². The molecule has 0 aliphatic heterocycles. The molecule has 0 fully saturated rings. The van der Waals surface area contributed by atoms with Crippen LogP contribution in [0.3, 0.4) is 0 Å². The number of hydrogen-bond donors (Lipinski definition) is 0. The molecule has 1 heterocycles. The van der Waals surface area contributed by atoms with Gasteiger partial charge in [-0.05, 0) is 144 Å².